The predicted octanol–water partition coefficient (Wildman–Crippen LogP) is 0.412. The van der Waals surface area contributed by atoms with E-state index >= 15 is 0 Å². The van der Waals surface area contributed by atoms with Crippen molar-refractivity contribution in [3.63, 3.8) is 0 Å². The summed E-state index contributed by atoms with van der Waals surface area (Å²) in [6.07, 6.45) is 6.29. The lowest BCUT2D eigenvalue weighted by Gasteiger charge is -2.02. The summed E-state index contributed by atoms with van der Waals surface area (Å²) in [4.78, 5) is 11.6. The number of nitrogens with zero attached hydrogens (tertiary/aromatic N) is 3. The quantitative estimate of drug-likeness (QED) is 0.622. The summed E-state index contributed by atoms with van der Waals surface area (Å²) in [5.74, 6) is 0.641. The van der Waals surface area contributed by atoms with E-state index in [1.165, 1.54) is 12.7 Å². The second-order valence-electron chi connectivity index (χ2n) is 2.74. The van der Waals surface area contributed by atoms with Crippen molar-refractivity contribution in [3.8, 4) is 0 Å². The molecule has 0 saturated carbocycles. The van der Waals surface area contributed by atoms with Crippen LogP contribution < -0.4 is 11.1 Å². The van der Waals surface area contributed by atoms with Crippen LogP contribution in [0.4, 0.5) is 5.95 Å². The largest absolute Gasteiger partial charge is 0.354 e. The van der Waals surface area contributed by atoms with Gasteiger partial charge < -0.3 is 11.1 Å². The van der Waals surface area contributed by atoms with Crippen LogP contribution in [0.25, 0.3) is 0 Å². The zero-order chi connectivity index (χ0) is 9.36. The number of anilines is 1. The molecule has 3 N–H and O–H groups in total. The molecular weight excluding hydrogens is 166 g/mol. The molecule has 13 heavy (non-hydrogen) atoms. The molecule has 0 aliphatic heterocycles. The van der Waals surface area contributed by atoms with Gasteiger partial charge in [0.15, 0.2) is 0 Å². The van der Waals surface area contributed by atoms with Gasteiger partial charge >= 0.3 is 0 Å². The van der Waals surface area contributed by atoms with Gasteiger partial charge in [-0.15, -0.1) is 0 Å². The third-order valence-electron chi connectivity index (χ3n) is 1.66. The minimum absolute atomic E-state index is 0.641. The Labute approximate surface area is 77.8 Å². The Morgan fingerprint density at radius 3 is 2.62 bits per heavy atom. The summed E-state index contributed by atoms with van der Waals surface area (Å²) in [5, 5.41) is 3.10. The van der Waals surface area contributed by atoms with Crippen molar-refractivity contribution >= 4 is 5.95 Å². The van der Waals surface area contributed by atoms with Crippen LogP contribution >= 0.6 is 0 Å². The number of hydrogen-bond donors (Lipinski definition) is 2. The molecule has 0 bridgehead atoms. The SMILES string of the molecule is NCCCCCNc1ncncn1. The summed E-state index contributed by atoms with van der Waals surface area (Å²) in [6, 6.07) is 0. The lowest BCUT2D eigenvalue weighted by molar-refractivity contribution is 0.704. The average Bonchev–Trinajstić information content (AvgIpc) is 2.19. The smallest absolute Gasteiger partial charge is 0.225 e. The van der Waals surface area contributed by atoms with E-state index in [4.69, 9.17) is 5.73 Å². The number of hydrogen-bond acceptors (Lipinski definition) is 5. The molecule has 0 atom stereocenters. The summed E-state index contributed by atoms with van der Waals surface area (Å²) >= 11 is 0. The Hall–Kier alpha value is -1.23. The molecule has 0 fully saturated rings. The van der Waals surface area contributed by atoms with Crippen molar-refractivity contribution in [1.29, 1.82) is 0 Å². The molecule has 1 aromatic rings. The van der Waals surface area contributed by atoms with Gasteiger partial charge in [0.1, 0.15) is 12.7 Å². The predicted molar refractivity (Wildman–Crippen MR) is 51.2 cm³/mol. The second-order valence-corrected chi connectivity index (χ2v) is 2.74. The van der Waals surface area contributed by atoms with Crippen LogP contribution in [0.3, 0.4) is 0 Å². The molecule has 0 aliphatic rings. The number of nitrogens with one attached hydrogen (secondary N) is 1. The summed E-state index contributed by atoms with van der Waals surface area (Å²) < 4.78 is 0. The zero-order valence-corrected chi connectivity index (χ0v) is 7.61. The Kier molecular flexibility index (Phi) is 4.78. The first-order valence-corrected chi connectivity index (χ1v) is 4.49. The van der Waals surface area contributed by atoms with Crippen molar-refractivity contribution in [1.82, 2.24) is 15.0 Å². The third-order valence-corrected chi connectivity index (χ3v) is 1.66. The van der Waals surface area contributed by atoms with E-state index < -0.39 is 0 Å². The first-order valence-electron chi connectivity index (χ1n) is 4.49. The van der Waals surface area contributed by atoms with Gasteiger partial charge in [0.05, 0.1) is 0 Å². The molecule has 1 rings (SSSR count). The molecule has 1 heterocycles. The lowest BCUT2D eigenvalue weighted by atomic mass is 10.2. The van der Waals surface area contributed by atoms with Crippen LogP contribution in [-0.4, -0.2) is 28.0 Å². The van der Waals surface area contributed by atoms with Crippen molar-refractivity contribution in [2.24, 2.45) is 5.73 Å². The summed E-state index contributed by atoms with van der Waals surface area (Å²) in [5.41, 5.74) is 5.37. The highest BCUT2D eigenvalue weighted by Crippen LogP contribution is 1.96. The maximum atomic E-state index is 5.37. The number of unbranched alkanes of at least 4 members (excludes halogenated alkanes) is 2. The van der Waals surface area contributed by atoms with E-state index in [-0.39, 0.29) is 0 Å². The Morgan fingerprint density at radius 2 is 1.92 bits per heavy atom. The van der Waals surface area contributed by atoms with Crippen molar-refractivity contribution < 1.29 is 0 Å². The van der Waals surface area contributed by atoms with Crippen LogP contribution in [0, 0.1) is 0 Å². The highest BCUT2D eigenvalue weighted by Gasteiger charge is 1.92. The molecule has 0 aliphatic carbocycles. The van der Waals surface area contributed by atoms with Gasteiger partial charge in [-0.25, -0.2) is 15.0 Å². The summed E-state index contributed by atoms with van der Waals surface area (Å²) in [6.45, 7) is 1.66. The van der Waals surface area contributed by atoms with E-state index in [2.05, 4.69) is 20.3 Å². The highest BCUT2D eigenvalue weighted by atomic mass is 15.1. The fourth-order valence-corrected chi connectivity index (χ4v) is 0.977. The van der Waals surface area contributed by atoms with E-state index in [9.17, 15) is 0 Å². The van der Waals surface area contributed by atoms with Gasteiger partial charge in [-0.3, -0.25) is 0 Å². The van der Waals surface area contributed by atoms with Crippen LogP contribution in [0.5, 0.6) is 0 Å². The van der Waals surface area contributed by atoms with Gasteiger partial charge in [0.2, 0.25) is 5.95 Å². The van der Waals surface area contributed by atoms with Crippen LogP contribution in [0.1, 0.15) is 19.3 Å². The van der Waals surface area contributed by atoms with E-state index in [1.807, 2.05) is 0 Å². The number of nitrogens with two attached hydrogens (primary N) is 1. The van der Waals surface area contributed by atoms with Gasteiger partial charge in [0.25, 0.3) is 0 Å². The van der Waals surface area contributed by atoms with Gasteiger partial charge in [-0.05, 0) is 19.4 Å². The second kappa shape index (κ2) is 6.30. The van der Waals surface area contributed by atoms with E-state index in [0.717, 1.165) is 32.4 Å². The van der Waals surface area contributed by atoms with Crippen molar-refractivity contribution in [3.05, 3.63) is 12.7 Å². The fraction of sp³-hybridized carbons (Fsp3) is 0.625. The fourth-order valence-electron chi connectivity index (χ4n) is 0.977. The monoisotopic (exact) mass is 181 g/mol. The first-order chi connectivity index (χ1) is 6.43. The van der Waals surface area contributed by atoms with Crippen molar-refractivity contribution in [2.75, 3.05) is 18.4 Å². The molecule has 0 amide bonds. The van der Waals surface area contributed by atoms with Crippen LogP contribution in [0.2, 0.25) is 0 Å². The topological polar surface area (TPSA) is 76.7 Å². The Morgan fingerprint density at radius 1 is 1.15 bits per heavy atom. The van der Waals surface area contributed by atoms with E-state index in [1.54, 1.807) is 0 Å². The molecule has 0 saturated heterocycles. The molecule has 0 unspecified atom stereocenters. The standard InChI is InChI=1S/C8H15N5/c9-4-2-1-3-5-11-8-12-6-10-7-13-8/h6-7H,1-5,9H2,(H,10,11,12,13). The van der Waals surface area contributed by atoms with Crippen LogP contribution in [-0.2, 0) is 0 Å². The van der Waals surface area contributed by atoms with Crippen molar-refractivity contribution in [2.45, 2.75) is 19.3 Å². The summed E-state index contributed by atoms with van der Waals surface area (Å²) in [7, 11) is 0. The van der Waals surface area contributed by atoms with Gasteiger partial charge in [-0.1, -0.05) is 6.42 Å². The highest BCUT2D eigenvalue weighted by molar-refractivity contribution is 5.19. The van der Waals surface area contributed by atoms with Crippen LogP contribution in [0.15, 0.2) is 12.7 Å². The normalized spacial score (nSPS) is 9.92. The lowest BCUT2D eigenvalue weighted by Crippen LogP contribution is -2.06. The maximum absolute atomic E-state index is 5.37. The molecule has 0 aromatic carbocycles. The van der Waals surface area contributed by atoms with E-state index in [0.29, 0.717) is 5.95 Å². The molecule has 5 nitrogen and oxygen atoms in total. The van der Waals surface area contributed by atoms with Gasteiger partial charge in [0, 0.05) is 6.54 Å². The molecule has 1 aromatic heterocycles. The Bertz CT molecular complexity index is 213. The number of rotatable bonds is 6. The minimum atomic E-state index is 0.641. The third kappa shape index (κ3) is 4.37. The average molecular weight is 181 g/mol. The molecule has 72 valence electrons. The molecule has 0 radical (unpaired) electrons. The number of aromatic nitrogens is 3. The molecule has 5 heteroatoms. The maximum Gasteiger partial charge on any atom is 0.225 e. The molecule has 0 spiro atoms. The Balaban J connectivity index is 2.07. The molecular formula is C8H15N5. The van der Waals surface area contributed by atoms with Gasteiger partial charge in [-0.2, -0.15) is 0 Å². The minimum Gasteiger partial charge on any atom is -0.354 e. The first kappa shape index (κ1) is 9.85. The zero-order valence-electron chi connectivity index (χ0n) is 7.61.